The Hall–Kier alpha value is -0.830. The van der Waals surface area contributed by atoms with Crippen LogP contribution in [0.15, 0.2) is 40.9 Å². The van der Waals surface area contributed by atoms with E-state index in [4.69, 9.17) is 11.6 Å². The number of aliphatic hydroxyl groups is 1. The summed E-state index contributed by atoms with van der Waals surface area (Å²) in [6.07, 6.45) is -0.668. The molecule has 1 N–H and O–H groups in total. The lowest BCUT2D eigenvalue weighted by Crippen LogP contribution is -2.03. The van der Waals surface area contributed by atoms with Crippen LogP contribution in [0.25, 0.3) is 0 Å². The average molecular weight is 326 g/mol. The lowest BCUT2D eigenvalue weighted by Gasteiger charge is -2.16. The third-order valence-electron chi connectivity index (χ3n) is 2.97. The maximum absolute atomic E-state index is 10.5. The summed E-state index contributed by atoms with van der Waals surface area (Å²) in [6.45, 7) is 4.04. The Morgan fingerprint density at radius 3 is 2.44 bits per heavy atom. The van der Waals surface area contributed by atoms with Gasteiger partial charge in [-0.3, -0.25) is 0 Å². The number of aryl methyl sites for hydroxylation is 2. The summed E-state index contributed by atoms with van der Waals surface area (Å²) in [5, 5.41) is 11.1. The van der Waals surface area contributed by atoms with Crippen molar-refractivity contribution < 1.29 is 5.11 Å². The van der Waals surface area contributed by atoms with Gasteiger partial charge in [-0.2, -0.15) is 0 Å². The van der Waals surface area contributed by atoms with Crippen LogP contribution in [-0.2, 0) is 0 Å². The smallest absolute Gasteiger partial charge is 0.105 e. The van der Waals surface area contributed by atoms with E-state index in [1.807, 2.05) is 32.0 Å². The molecule has 0 amide bonds. The van der Waals surface area contributed by atoms with E-state index in [2.05, 4.69) is 22.0 Å². The standard InChI is InChI=1S/C15H14BrClO/c1-9-3-5-12(10(2)7-9)15(18)13-8-11(17)4-6-14(13)16/h3-8,15,18H,1-2H3. The highest BCUT2D eigenvalue weighted by Crippen LogP contribution is 2.32. The molecule has 0 aliphatic rings. The Balaban J connectivity index is 2.47. The molecule has 0 aromatic heterocycles. The van der Waals surface area contributed by atoms with E-state index in [1.165, 1.54) is 5.56 Å². The van der Waals surface area contributed by atoms with Crippen LogP contribution in [0.1, 0.15) is 28.4 Å². The van der Waals surface area contributed by atoms with E-state index in [9.17, 15) is 5.11 Å². The molecule has 0 aliphatic carbocycles. The van der Waals surface area contributed by atoms with Crippen LogP contribution in [0.3, 0.4) is 0 Å². The van der Waals surface area contributed by atoms with Gasteiger partial charge in [0.05, 0.1) is 0 Å². The van der Waals surface area contributed by atoms with E-state index in [-0.39, 0.29) is 0 Å². The van der Waals surface area contributed by atoms with Gasteiger partial charge in [0, 0.05) is 15.1 Å². The fraction of sp³-hybridized carbons (Fsp3) is 0.200. The molecule has 1 unspecified atom stereocenters. The number of aliphatic hydroxyl groups excluding tert-OH is 1. The Morgan fingerprint density at radius 2 is 1.78 bits per heavy atom. The van der Waals surface area contributed by atoms with Gasteiger partial charge in [-0.1, -0.05) is 51.3 Å². The molecule has 1 nitrogen and oxygen atoms in total. The van der Waals surface area contributed by atoms with Gasteiger partial charge in [0.15, 0.2) is 0 Å². The second-order valence-electron chi connectivity index (χ2n) is 4.43. The van der Waals surface area contributed by atoms with Crippen molar-refractivity contribution in [3.63, 3.8) is 0 Å². The lowest BCUT2D eigenvalue weighted by atomic mass is 9.96. The van der Waals surface area contributed by atoms with Crippen LogP contribution < -0.4 is 0 Å². The van der Waals surface area contributed by atoms with Gasteiger partial charge in [-0.15, -0.1) is 0 Å². The Bertz CT molecular complexity index is 581. The summed E-state index contributed by atoms with van der Waals surface area (Å²) < 4.78 is 0.861. The summed E-state index contributed by atoms with van der Waals surface area (Å²) in [5.41, 5.74) is 3.96. The lowest BCUT2D eigenvalue weighted by molar-refractivity contribution is 0.219. The van der Waals surface area contributed by atoms with Crippen molar-refractivity contribution in [1.29, 1.82) is 0 Å². The normalized spacial score (nSPS) is 12.5. The van der Waals surface area contributed by atoms with Crippen LogP contribution in [0, 0.1) is 13.8 Å². The van der Waals surface area contributed by atoms with Gasteiger partial charge >= 0.3 is 0 Å². The average Bonchev–Trinajstić information content (AvgIpc) is 2.31. The number of hydrogen-bond donors (Lipinski definition) is 1. The molecule has 0 fully saturated rings. The molecule has 0 radical (unpaired) electrons. The molecule has 2 rings (SSSR count). The first-order chi connectivity index (χ1) is 8.49. The van der Waals surface area contributed by atoms with Crippen molar-refractivity contribution in [2.75, 3.05) is 0 Å². The molecule has 0 saturated carbocycles. The van der Waals surface area contributed by atoms with Crippen LogP contribution in [0.2, 0.25) is 5.02 Å². The van der Waals surface area contributed by atoms with Crippen LogP contribution in [0.4, 0.5) is 0 Å². The van der Waals surface area contributed by atoms with Crippen molar-refractivity contribution in [1.82, 2.24) is 0 Å². The van der Waals surface area contributed by atoms with Crippen molar-refractivity contribution in [3.05, 3.63) is 68.1 Å². The van der Waals surface area contributed by atoms with E-state index in [0.29, 0.717) is 5.02 Å². The third kappa shape index (κ3) is 2.77. The van der Waals surface area contributed by atoms with Gasteiger partial charge in [0.1, 0.15) is 6.10 Å². The molecule has 0 bridgehead atoms. The largest absolute Gasteiger partial charge is 0.384 e. The molecule has 1 atom stereocenters. The predicted octanol–water partition coefficient (Wildman–Crippen LogP) is 4.80. The van der Waals surface area contributed by atoms with Crippen LogP contribution >= 0.6 is 27.5 Å². The monoisotopic (exact) mass is 324 g/mol. The summed E-state index contributed by atoms with van der Waals surface area (Å²) in [7, 11) is 0. The highest BCUT2D eigenvalue weighted by Gasteiger charge is 2.16. The molecule has 0 spiro atoms. The molecule has 2 aromatic rings. The third-order valence-corrected chi connectivity index (χ3v) is 3.93. The second kappa shape index (κ2) is 5.43. The topological polar surface area (TPSA) is 20.2 Å². The number of benzene rings is 2. The van der Waals surface area contributed by atoms with Crippen molar-refractivity contribution in [2.24, 2.45) is 0 Å². The fourth-order valence-corrected chi connectivity index (χ4v) is 2.67. The van der Waals surface area contributed by atoms with Gasteiger partial charge in [0.2, 0.25) is 0 Å². The summed E-state index contributed by atoms with van der Waals surface area (Å²) in [5.74, 6) is 0. The van der Waals surface area contributed by atoms with E-state index in [0.717, 1.165) is 21.2 Å². The quantitative estimate of drug-likeness (QED) is 0.841. The first kappa shape index (κ1) is 13.6. The molecule has 3 heteroatoms. The van der Waals surface area contributed by atoms with Crippen molar-refractivity contribution in [3.8, 4) is 0 Å². The zero-order valence-electron chi connectivity index (χ0n) is 10.2. The number of hydrogen-bond acceptors (Lipinski definition) is 1. The SMILES string of the molecule is Cc1ccc(C(O)c2cc(Cl)ccc2Br)c(C)c1. The van der Waals surface area contributed by atoms with Crippen molar-refractivity contribution >= 4 is 27.5 Å². The summed E-state index contributed by atoms with van der Waals surface area (Å²) in [4.78, 5) is 0. The first-order valence-electron chi connectivity index (χ1n) is 5.69. The molecule has 18 heavy (non-hydrogen) atoms. The summed E-state index contributed by atoms with van der Waals surface area (Å²) in [6, 6.07) is 11.5. The minimum Gasteiger partial charge on any atom is -0.384 e. The maximum atomic E-state index is 10.5. The van der Waals surface area contributed by atoms with E-state index < -0.39 is 6.10 Å². The molecule has 0 heterocycles. The molecular formula is C15H14BrClO. The minimum atomic E-state index is -0.668. The fourth-order valence-electron chi connectivity index (χ4n) is 2.02. The van der Waals surface area contributed by atoms with Crippen LogP contribution in [-0.4, -0.2) is 5.11 Å². The maximum Gasteiger partial charge on any atom is 0.105 e. The van der Waals surface area contributed by atoms with Gasteiger partial charge < -0.3 is 5.11 Å². The zero-order valence-corrected chi connectivity index (χ0v) is 12.6. The number of rotatable bonds is 2. The van der Waals surface area contributed by atoms with Gasteiger partial charge in [0.25, 0.3) is 0 Å². The molecule has 2 aromatic carbocycles. The van der Waals surface area contributed by atoms with Crippen molar-refractivity contribution in [2.45, 2.75) is 20.0 Å². The molecule has 0 saturated heterocycles. The predicted molar refractivity (Wildman–Crippen MR) is 79.1 cm³/mol. The Kier molecular flexibility index (Phi) is 4.10. The number of halogens is 2. The zero-order chi connectivity index (χ0) is 13.3. The van der Waals surface area contributed by atoms with Crippen LogP contribution in [0.5, 0.6) is 0 Å². The van der Waals surface area contributed by atoms with Gasteiger partial charge in [-0.05, 0) is 43.2 Å². The second-order valence-corrected chi connectivity index (χ2v) is 5.72. The first-order valence-corrected chi connectivity index (χ1v) is 6.86. The van der Waals surface area contributed by atoms with Gasteiger partial charge in [-0.25, -0.2) is 0 Å². The summed E-state index contributed by atoms with van der Waals surface area (Å²) >= 11 is 9.43. The minimum absolute atomic E-state index is 0.622. The molecular weight excluding hydrogens is 312 g/mol. The highest BCUT2D eigenvalue weighted by molar-refractivity contribution is 9.10. The van der Waals surface area contributed by atoms with E-state index in [1.54, 1.807) is 12.1 Å². The Morgan fingerprint density at radius 1 is 1.06 bits per heavy atom. The Labute approximate surface area is 121 Å². The molecule has 0 aliphatic heterocycles. The molecule has 94 valence electrons. The highest BCUT2D eigenvalue weighted by atomic mass is 79.9. The van der Waals surface area contributed by atoms with E-state index >= 15 is 0 Å².